The van der Waals surface area contributed by atoms with Gasteiger partial charge in [-0.05, 0) is 67.2 Å². The number of carbonyl (C=O) groups is 1. The van der Waals surface area contributed by atoms with Crippen LogP contribution in [0.15, 0.2) is 29.2 Å². The molecule has 3 heterocycles. The summed E-state index contributed by atoms with van der Waals surface area (Å²) < 4.78 is 13.0. The second-order valence-corrected chi connectivity index (χ2v) is 9.60. The molecule has 2 aromatic rings. The number of nitrogens with zero attached hydrogens (tertiary/aromatic N) is 2. The molecule has 1 saturated heterocycles. The fourth-order valence-corrected chi connectivity index (χ4v) is 5.01. The van der Waals surface area contributed by atoms with E-state index < -0.39 is 11.4 Å². The monoisotopic (exact) mass is 454 g/mol. The number of ether oxygens (including phenoxy) is 2. The molecule has 0 unspecified atom stereocenters. The van der Waals surface area contributed by atoms with Crippen LogP contribution in [0.1, 0.15) is 61.0 Å². The molecule has 0 aliphatic carbocycles. The zero-order valence-electron chi connectivity index (χ0n) is 19.8. The van der Waals surface area contributed by atoms with Gasteiger partial charge in [-0.3, -0.25) is 9.47 Å². The first-order valence-electron chi connectivity index (χ1n) is 11.9. The number of aromatic carboxylic acids is 1. The third-order valence-electron chi connectivity index (χ3n) is 6.68. The topological polar surface area (TPSA) is 81.0 Å². The number of fused-ring (bicyclic) bond motifs is 3. The van der Waals surface area contributed by atoms with Gasteiger partial charge >= 0.3 is 5.97 Å². The predicted octanol–water partition coefficient (Wildman–Crippen LogP) is 4.08. The molecule has 0 spiro atoms. The summed E-state index contributed by atoms with van der Waals surface area (Å²) in [4.78, 5) is 24.1. The zero-order valence-corrected chi connectivity index (χ0v) is 19.8. The normalized spacial score (nSPS) is 15.9. The van der Waals surface area contributed by atoms with E-state index in [0.717, 1.165) is 68.2 Å². The highest BCUT2D eigenvalue weighted by molar-refractivity contribution is 5.88. The Bertz CT molecular complexity index is 1070. The summed E-state index contributed by atoms with van der Waals surface area (Å²) in [6.07, 6.45) is 7.00. The van der Waals surface area contributed by atoms with Gasteiger partial charge in [0.1, 0.15) is 11.3 Å². The van der Waals surface area contributed by atoms with Crippen molar-refractivity contribution in [2.75, 3.05) is 31.9 Å². The van der Waals surface area contributed by atoms with E-state index in [0.29, 0.717) is 18.2 Å². The second-order valence-electron chi connectivity index (χ2n) is 9.60. The van der Waals surface area contributed by atoms with Crippen molar-refractivity contribution in [2.45, 2.75) is 52.5 Å². The molecule has 0 amide bonds. The average Bonchev–Trinajstić information content (AvgIpc) is 2.78. The molecular weight excluding hydrogens is 420 g/mol. The minimum absolute atomic E-state index is 0.215. The molecule has 2 aliphatic rings. The van der Waals surface area contributed by atoms with Crippen LogP contribution in [0.4, 0.5) is 0 Å². The van der Waals surface area contributed by atoms with Crippen LogP contribution in [0.2, 0.25) is 0 Å². The first kappa shape index (κ1) is 23.4. The fourth-order valence-electron chi connectivity index (χ4n) is 5.01. The van der Waals surface area contributed by atoms with Crippen molar-refractivity contribution in [3.05, 3.63) is 51.3 Å². The maximum atomic E-state index is 12.5. The lowest BCUT2D eigenvalue weighted by molar-refractivity contribution is 0.0633. The van der Waals surface area contributed by atoms with Crippen LogP contribution >= 0.6 is 0 Å². The summed E-state index contributed by atoms with van der Waals surface area (Å²) in [6, 6.07) is 5.67. The van der Waals surface area contributed by atoms with Crippen molar-refractivity contribution < 1.29 is 19.4 Å². The summed E-state index contributed by atoms with van der Waals surface area (Å²) in [5.74, 6) is 0.734. The molecule has 2 aliphatic heterocycles. The van der Waals surface area contributed by atoms with Crippen molar-refractivity contribution in [1.82, 2.24) is 4.68 Å². The smallest absolute Gasteiger partial charge is 0.341 e. The molecule has 0 radical (unpaired) electrons. The van der Waals surface area contributed by atoms with E-state index in [-0.39, 0.29) is 5.56 Å². The van der Waals surface area contributed by atoms with Crippen molar-refractivity contribution in [3.63, 3.8) is 0 Å². The average molecular weight is 455 g/mol. The minimum atomic E-state index is -1.21. The van der Waals surface area contributed by atoms with Gasteiger partial charge in [0.2, 0.25) is 0 Å². The van der Waals surface area contributed by atoms with E-state index in [1.807, 2.05) is 10.7 Å². The molecule has 7 nitrogen and oxygen atoms in total. The molecule has 0 bridgehead atoms. The molecule has 1 fully saturated rings. The van der Waals surface area contributed by atoms with E-state index in [1.54, 1.807) is 7.11 Å². The van der Waals surface area contributed by atoms with E-state index in [1.165, 1.54) is 24.2 Å². The van der Waals surface area contributed by atoms with Crippen LogP contribution < -0.4 is 15.2 Å². The third kappa shape index (κ3) is 5.08. The lowest BCUT2D eigenvalue weighted by Gasteiger charge is -2.36. The zero-order chi connectivity index (χ0) is 23.5. The number of aromatic nitrogens is 1. The van der Waals surface area contributed by atoms with Crippen LogP contribution in [0, 0.1) is 11.8 Å². The largest absolute Gasteiger partial charge is 0.496 e. The summed E-state index contributed by atoms with van der Waals surface area (Å²) in [5, 5.41) is 11.6. The highest BCUT2D eigenvalue weighted by Gasteiger charge is 2.26. The molecule has 4 rings (SSSR count). The second kappa shape index (κ2) is 10.00. The molecule has 0 atom stereocenters. The van der Waals surface area contributed by atoms with Gasteiger partial charge in [0, 0.05) is 37.6 Å². The van der Waals surface area contributed by atoms with Gasteiger partial charge in [0.15, 0.2) is 5.43 Å². The van der Waals surface area contributed by atoms with E-state index in [4.69, 9.17) is 9.47 Å². The maximum Gasteiger partial charge on any atom is 0.341 e. The third-order valence-corrected chi connectivity index (χ3v) is 6.68. The fraction of sp³-hybridized carbons (Fsp3) is 0.538. The molecule has 1 aromatic heterocycles. The molecule has 33 heavy (non-hydrogen) atoms. The van der Waals surface area contributed by atoms with Gasteiger partial charge in [-0.25, -0.2) is 4.79 Å². The van der Waals surface area contributed by atoms with Crippen molar-refractivity contribution in [1.29, 1.82) is 0 Å². The molecule has 7 heteroatoms. The number of carboxylic acids is 1. The SMILES string of the molecule is COc1cc2c(cc1CCCC1CCOCC1)CN(CC(C)C)n1cc(C(=O)O)c(=O)cc1-2. The number of aryl methyl sites for hydroxylation is 1. The van der Waals surface area contributed by atoms with Gasteiger partial charge in [-0.1, -0.05) is 13.8 Å². The number of rotatable bonds is 8. The lowest BCUT2D eigenvalue weighted by Crippen LogP contribution is -2.41. The van der Waals surface area contributed by atoms with E-state index >= 15 is 0 Å². The van der Waals surface area contributed by atoms with Crippen LogP contribution in [-0.4, -0.2) is 42.6 Å². The Labute approximate surface area is 194 Å². The Hall–Kier alpha value is -2.80. The first-order valence-corrected chi connectivity index (χ1v) is 11.9. The van der Waals surface area contributed by atoms with Crippen LogP contribution in [0.5, 0.6) is 5.75 Å². The van der Waals surface area contributed by atoms with Gasteiger partial charge in [-0.15, -0.1) is 0 Å². The number of hydrogen-bond donors (Lipinski definition) is 1. The Morgan fingerprint density at radius 1 is 1.24 bits per heavy atom. The highest BCUT2D eigenvalue weighted by atomic mass is 16.5. The van der Waals surface area contributed by atoms with E-state index in [9.17, 15) is 14.7 Å². The number of hydrogen-bond acceptors (Lipinski definition) is 5. The van der Waals surface area contributed by atoms with Crippen molar-refractivity contribution in [3.8, 4) is 17.0 Å². The predicted molar refractivity (Wildman–Crippen MR) is 128 cm³/mol. The van der Waals surface area contributed by atoms with Gasteiger partial charge < -0.3 is 19.6 Å². The molecular formula is C26H34N2O5. The number of carboxylic acid groups (broad SMARTS) is 1. The Kier molecular flexibility index (Phi) is 7.08. The number of pyridine rings is 1. The molecule has 178 valence electrons. The van der Waals surface area contributed by atoms with Crippen molar-refractivity contribution >= 4 is 5.97 Å². The Morgan fingerprint density at radius 3 is 2.67 bits per heavy atom. The number of benzene rings is 1. The standard InChI is InChI=1S/C26H34N2O5/c1-17(2)14-27-15-20-11-19(6-4-5-18-7-9-33-10-8-18)25(32-3)12-21(20)23-13-24(29)22(26(30)31)16-28(23)27/h11-13,16-18H,4-10,14-15H2,1-3H3,(H,30,31). The van der Waals surface area contributed by atoms with Gasteiger partial charge in [-0.2, -0.15) is 0 Å². The summed E-state index contributed by atoms with van der Waals surface area (Å²) >= 11 is 0. The molecule has 1 N–H and O–H groups in total. The van der Waals surface area contributed by atoms with Crippen LogP contribution in [-0.2, 0) is 17.7 Å². The first-order chi connectivity index (χ1) is 15.9. The quantitative estimate of drug-likeness (QED) is 0.647. The van der Waals surface area contributed by atoms with Crippen LogP contribution in [0.25, 0.3) is 11.3 Å². The van der Waals surface area contributed by atoms with Crippen molar-refractivity contribution in [2.24, 2.45) is 11.8 Å². The Morgan fingerprint density at radius 2 is 2.00 bits per heavy atom. The molecule has 1 aromatic carbocycles. The lowest BCUT2D eigenvalue weighted by atomic mass is 9.91. The van der Waals surface area contributed by atoms with E-state index in [2.05, 4.69) is 24.9 Å². The number of methoxy groups -OCH3 is 1. The highest BCUT2D eigenvalue weighted by Crippen LogP contribution is 2.36. The summed E-state index contributed by atoms with van der Waals surface area (Å²) in [5.41, 5.74) is 3.26. The molecule has 0 saturated carbocycles. The Balaban J connectivity index is 1.67. The minimum Gasteiger partial charge on any atom is -0.496 e. The van der Waals surface area contributed by atoms with Crippen LogP contribution in [0.3, 0.4) is 0 Å². The van der Waals surface area contributed by atoms with Gasteiger partial charge in [0.05, 0.1) is 19.3 Å². The summed E-state index contributed by atoms with van der Waals surface area (Å²) in [6.45, 7) is 7.41. The van der Waals surface area contributed by atoms with Gasteiger partial charge in [0.25, 0.3) is 0 Å². The summed E-state index contributed by atoms with van der Waals surface area (Å²) in [7, 11) is 1.68. The maximum absolute atomic E-state index is 12.5.